The number of hydrogen-bond acceptors (Lipinski definition) is 5. The first-order valence-electron chi connectivity index (χ1n) is 14.9. The molecule has 2 fully saturated rings. The Morgan fingerprint density at radius 1 is 0.929 bits per heavy atom. The van der Waals surface area contributed by atoms with Gasteiger partial charge in [-0.3, -0.25) is 0 Å². The average molecular weight is 582 g/mol. The van der Waals surface area contributed by atoms with E-state index in [1.54, 1.807) is 0 Å². The number of carboxylic acid groups (broad SMARTS) is 1. The first kappa shape index (κ1) is 28.6. The summed E-state index contributed by atoms with van der Waals surface area (Å²) in [7, 11) is -2.58. The first-order chi connectivity index (χ1) is 20.3. The third-order valence-corrected chi connectivity index (χ3v) is 14.1. The van der Waals surface area contributed by atoms with Crippen molar-refractivity contribution in [1.82, 2.24) is 4.98 Å². The number of hydrogen-bond donors (Lipinski definition) is 1. The lowest BCUT2D eigenvalue weighted by Crippen LogP contribution is -2.66. The molecule has 2 aliphatic heterocycles. The van der Waals surface area contributed by atoms with Crippen LogP contribution in [0.2, 0.25) is 5.04 Å². The molecule has 2 aliphatic rings. The molecule has 218 valence electrons. The van der Waals surface area contributed by atoms with Crippen molar-refractivity contribution in [2.45, 2.75) is 69.6 Å². The fourth-order valence-corrected chi connectivity index (χ4v) is 11.7. The highest BCUT2D eigenvalue weighted by molar-refractivity contribution is 6.99. The molecule has 3 heterocycles. The maximum absolute atomic E-state index is 11.4. The van der Waals surface area contributed by atoms with E-state index in [4.69, 9.17) is 13.6 Å². The van der Waals surface area contributed by atoms with Crippen molar-refractivity contribution in [1.29, 1.82) is 0 Å². The molecule has 42 heavy (non-hydrogen) atoms. The molecule has 2 saturated heterocycles. The number of fused-ring (bicyclic) bond motifs is 2. The molecule has 7 heteroatoms. The Bertz CT molecular complexity index is 1470. The second-order valence-corrected chi connectivity index (χ2v) is 16.9. The number of aromatic carboxylic acids is 1. The summed E-state index contributed by atoms with van der Waals surface area (Å²) in [5.41, 5.74) is 2.44. The van der Waals surface area contributed by atoms with E-state index in [1.165, 1.54) is 27.8 Å². The summed E-state index contributed by atoms with van der Waals surface area (Å²) in [6.07, 6.45) is 5.04. The molecule has 1 aromatic heterocycles. The van der Waals surface area contributed by atoms with Gasteiger partial charge in [-0.2, -0.15) is 0 Å². The van der Waals surface area contributed by atoms with Crippen LogP contribution in [0.25, 0.3) is 0 Å². The largest absolute Gasteiger partial charge is 0.476 e. The van der Waals surface area contributed by atoms with Gasteiger partial charge in [0.05, 0.1) is 18.1 Å². The molecule has 0 amide bonds. The van der Waals surface area contributed by atoms with Crippen molar-refractivity contribution in [2.24, 2.45) is 5.92 Å². The van der Waals surface area contributed by atoms with Crippen molar-refractivity contribution in [3.8, 4) is 0 Å². The van der Waals surface area contributed by atoms with Gasteiger partial charge in [0, 0.05) is 12.5 Å². The van der Waals surface area contributed by atoms with Crippen molar-refractivity contribution in [3.63, 3.8) is 0 Å². The van der Waals surface area contributed by atoms with Gasteiger partial charge in [-0.05, 0) is 52.2 Å². The summed E-state index contributed by atoms with van der Waals surface area (Å²) in [6, 6.07) is 30.3. The number of nitrogens with zero attached hydrogens (tertiary/aromatic N) is 1. The molecule has 3 aromatic carbocycles. The Balaban J connectivity index is 1.20. The average Bonchev–Trinajstić information content (AvgIpc) is 3.73. The lowest BCUT2D eigenvalue weighted by atomic mass is 9.76. The zero-order chi connectivity index (χ0) is 29.3. The first-order valence-corrected chi connectivity index (χ1v) is 16.8. The Morgan fingerprint density at radius 2 is 1.57 bits per heavy atom. The number of carbonyl (C=O) groups is 1. The summed E-state index contributed by atoms with van der Waals surface area (Å²) < 4.78 is 19.1. The van der Waals surface area contributed by atoms with E-state index in [2.05, 4.69) is 111 Å². The minimum atomic E-state index is -2.58. The number of carboxylic acids is 1. The summed E-state index contributed by atoms with van der Waals surface area (Å²) in [6.45, 7) is 7.55. The highest BCUT2D eigenvalue weighted by Gasteiger charge is 2.52. The van der Waals surface area contributed by atoms with Crippen LogP contribution in [0.5, 0.6) is 0 Å². The molecular weight excluding hydrogens is 542 g/mol. The zero-order valence-corrected chi connectivity index (χ0v) is 25.5. The Labute approximate surface area is 248 Å². The summed E-state index contributed by atoms with van der Waals surface area (Å²) in [5.74, 6) is -0.412. The fourth-order valence-electron chi connectivity index (χ4n) is 7.18. The minimum absolute atomic E-state index is 0.0287. The minimum Gasteiger partial charge on any atom is -0.476 e. The lowest BCUT2D eigenvalue weighted by molar-refractivity contribution is 0.0690. The predicted octanol–water partition coefficient (Wildman–Crippen LogP) is 6.00. The lowest BCUT2D eigenvalue weighted by Gasteiger charge is -2.43. The smallest absolute Gasteiger partial charge is 0.357 e. The van der Waals surface area contributed by atoms with E-state index in [0.717, 1.165) is 25.7 Å². The van der Waals surface area contributed by atoms with Crippen LogP contribution >= 0.6 is 0 Å². The highest BCUT2D eigenvalue weighted by Crippen LogP contribution is 2.49. The number of benzene rings is 3. The maximum Gasteiger partial charge on any atom is 0.357 e. The van der Waals surface area contributed by atoms with E-state index in [1.807, 2.05) is 0 Å². The number of ether oxygens (including phenoxy) is 1. The summed E-state index contributed by atoms with van der Waals surface area (Å²) in [4.78, 5) is 15.7. The molecule has 6 nitrogen and oxygen atoms in total. The Kier molecular flexibility index (Phi) is 7.92. The molecule has 2 bridgehead atoms. The fraction of sp³-hybridized carbons (Fsp3) is 0.371. The van der Waals surface area contributed by atoms with Crippen molar-refractivity contribution in [3.05, 3.63) is 114 Å². The predicted molar refractivity (Wildman–Crippen MR) is 165 cm³/mol. The molecule has 0 aliphatic carbocycles. The SMILES string of the molecule is CC(C)(C)[Si](OCCc1cccc(C[C@@H]2[C@H](c3nc(C(=O)O)co3)[C@H]3CC[C@@H]2O3)c1)(c1ccccc1)c1ccccc1. The summed E-state index contributed by atoms with van der Waals surface area (Å²) >= 11 is 0. The zero-order valence-electron chi connectivity index (χ0n) is 24.5. The van der Waals surface area contributed by atoms with Crippen LogP contribution in [-0.2, 0) is 22.0 Å². The van der Waals surface area contributed by atoms with Crippen molar-refractivity contribution < 1.29 is 23.5 Å². The van der Waals surface area contributed by atoms with Crippen LogP contribution in [0.4, 0.5) is 0 Å². The monoisotopic (exact) mass is 581 g/mol. The Hall–Kier alpha value is -3.52. The molecule has 6 rings (SSSR count). The second kappa shape index (κ2) is 11.6. The third kappa shape index (κ3) is 5.37. The van der Waals surface area contributed by atoms with Gasteiger partial charge in [-0.15, -0.1) is 0 Å². The van der Waals surface area contributed by atoms with Crippen LogP contribution in [0.1, 0.15) is 67.0 Å². The number of rotatable bonds is 10. The van der Waals surface area contributed by atoms with E-state index in [9.17, 15) is 9.90 Å². The van der Waals surface area contributed by atoms with Gasteiger partial charge in [0.2, 0.25) is 5.89 Å². The van der Waals surface area contributed by atoms with Crippen molar-refractivity contribution in [2.75, 3.05) is 6.61 Å². The van der Waals surface area contributed by atoms with Crippen LogP contribution in [0.15, 0.2) is 95.6 Å². The standard InChI is InChI=1S/C35H39NO5Si/c1-35(2,3)42(26-13-6-4-7-14-26,27-15-8-5-9-16-27)40-20-19-24-11-10-12-25(21-24)22-28-30-17-18-31(41-30)32(28)33-36-29(23-39-33)34(37)38/h4-16,21,23,28,30-32H,17-20,22H2,1-3H3,(H,37,38)/t28-,30-,31+,32-/m0/s1. The number of oxazole rings is 1. The molecule has 4 aromatic rings. The second-order valence-electron chi connectivity index (χ2n) is 12.6. The molecule has 0 radical (unpaired) electrons. The molecule has 0 saturated carbocycles. The van der Waals surface area contributed by atoms with Crippen LogP contribution in [0, 0.1) is 5.92 Å². The van der Waals surface area contributed by atoms with Gasteiger partial charge in [-0.25, -0.2) is 9.78 Å². The molecule has 4 atom stereocenters. The number of aromatic nitrogens is 1. The maximum atomic E-state index is 11.4. The van der Waals surface area contributed by atoms with Crippen molar-refractivity contribution >= 4 is 24.7 Å². The van der Waals surface area contributed by atoms with Gasteiger partial charge in [0.15, 0.2) is 5.69 Å². The molecular formula is C35H39NO5Si. The van der Waals surface area contributed by atoms with Gasteiger partial charge < -0.3 is 18.7 Å². The molecule has 0 spiro atoms. The van der Waals surface area contributed by atoms with Crippen LogP contribution in [-0.4, -0.2) is 43.2 Å². The van der Waals surface area contributed by atoms with E-state index >= 15 is 0 Å². The third-order valence-electron chi connectivity index (χ3n) is 9.04. The normalized spacial score (nSPS) is 22.0. The van der Waals surface area contributed by atoms with E-state index in [0.29, 0.717) is 12.5 Å². The molecule has 1 N–H and O–H groups in total. The topological polar surface area (TPSA) is 81.8 Å². The summed E-state index contributed by atoms with van der Waals surface area (Å²) in [5, 5.41) is 11.9. The van der Waals surface area contributed by atoms with Gasteiger partial charge >= 0.3 is 5.97 Å². The van der Waals surface area contributed by atoms with Crippen LogP contribution < -0.4 is 10.4 Å². The highest BCUT2D eigenvalue weighted by atomic mass is 28.4. The quantitative estimate of drug-likeness (QED) is 0.232. The van der Waals surface area contributed by atoms with Gasteiger partial charge in [0.25, 0.3) is 8.32 Å². The van der Waals surface area contributed by atoms with Crippen LogP contribution in [0.3, 0.4) is 0 Å². The van der Waals surface area contributed by atoms with Gasteiger partial charge in [-0.1, -0.05) is 106 Å². The van der Waals surface area contributed by atoms with E-state index in [-0.39, 0.29) is 34.8 Å². The van der Waals surface area contributed by atoms with E-state index < -0.39 is 14.3 Å². The Morgan fingerprint density at radius 3 is 2.19 bits per heavy atom. The van der Waals surface area contributed by atoms with Gasteiger partial charge in [0.1, 0.15) is 6.26 Å². The molecule has 0 unspecified atom stereocenters.